The van der Waals surface area contributed by atoms with E-state index in [-0.39, 0.29) is 24.2 Å². The molecule has 8 nitrogen and oxygen atoms in total. The van der Waals surface area contributed by atoms with Gasteiger partial charge in [-0.3, -0.25) is 10.3 Å². The molecule has 2 aliphatic rings. The SMILES string of the molecule is Cc1nnc(-c2cc3cc(NC(=O)N4[C@@H]5CC[C@H]4C[C@H](NC(CF)CF)C5)ncc3cn2)s1. The van der Waals surface area contributed by atoms with Crippen LogP contribution in [0.4, 0.5) is 19.4 Å². The maximum absolute atomic E-state index is 13.1. The summed E-state index contributed by atoms with van der Waals surface area (Å²) >= 11 is 1.47. The number of alkyl halides is 2. The number of hydrogen-bond donors (Lipinski definition) is 2. The van der Waals surface area contributed by atoms with Crippen LogP contribution in [0.1, 0.15) is 30.7 Å². The molecule has 3 aromatic rings. The second kappa shape index (κ2) is 9.22. The van der Waals surface area contributed by atoms with Crippen molar-refractivity contribution in [3.8, 4) is 10.7 Å². The number of anilines is 1. The Kier molecular flexibility index (Phi) is 6.15. The van der Waals surface area contributed by atoms with Gasteiger partial charge in [0.05, 0.1) is 6.04 Å². The molecule has 0 saturated carbocycles. The van der Waals surface area contributed by atoms with Gasteiger partial charge in [-0.2, -0.15) is 0 Å². The number of piperidine rings is 1. The summed E-state index contributed by atoms with van der Waals surface area (Å²) in [5.41, 5.74) is 0.726. The average molecular weight is 474 g/mol. The van der Waals surface area contributed by atoms with E-state index in [4.69, 9.17) is 0 Å². The lowest BCUT2D eigenvalue weighted by Crippen LogP contribution is -2.54. The van der Waals surface area contributed by atoms with Crippen molar-refractivity contribution >= 4 is 34.0 Å². The highest BCUT2D eigenvalue weighted by atomic mass is 32.1. The molecule has 2 bridgehead atoms. The van der Waals surface area contributed by atoms with Gasteiger partial charge >= 0.3 is 6.03 Å². The minimum absolute atomic E-state index is 0.0248. The average Bonchev–Trinajstić information content (AvgIpc) is 3.37. The number of aryl methyl sites for hydroxylation is 1. The van der Waals surface area contributed by atoms with E-state index in [0.717, 1.165) is 39.3 Å². The van der Waals surface area contributed by atoms with E-state index < -0.39 is 19.4 Å². The second-order valence-electron chi connectivity index (χ2n) is 8.68. The number of halogens is 2. The fraction of sp³-hybridized carbons (Fsp3) is 0.500. The van der Waals surface area contributed by atoms with Gasteiger partial charge in [-0.15, -0.1) is 10.2 Å². The third-order valence-corrected chi connectivity index (χ3v) is 7.26. The molecule has 2 fully saturated rings. The molecule has 0 aromatic carbocycles. The van der Waals surface area contributed by atoms with Gasteiger partial charge in [0.15, 0.2) is 5.01 Å². The van der Waals surface area contributed by atoms with Crippen LogP contribution in [0.25, 0.3) is 21.5 Å². The first kappa shape index (κ1) is 22.0. The molecule has 3 aromatic heterocycles. The van der Waals surface area contributed by atoms with Crippen molar-refractivity contribution < 1.29 is 13.6 Å². The Morgan fingerprint density at radius 2 is 1.85 bits per heavy atom. The molecule has 2 saturated heterocycles. The first-order valence-corrected chi connectivity index (χ1v) is 11.9. The van der Waals surface area contributed by atoms with Crippen molar-refractivity contribution in [3.05, 3.63) is 29.5 Å². The molecule has 2 N–H and O–H groups in total. The van der Waals surface area contributed by atoms with E-state index in [1.165, 1.54) is 11.3 Å². The lowest BCUT2D eigenvalue weighted by atomic mass is 9.97. The van der Waals surface area contributed by atoms with Crippen LogP contribution in [0.5, 0.6) is 0 Å². The summed E-state index contributed by atoms with van der Waals surface area (Å²) in [6, 6.07) is 2.93. The van der Waals surface area contributed by atoms with Crippen LogP contribution in [0.3, 0.4) is 0 Å². The Labute approximate surface area is 193 Å². The van der Waals surface area contributed by atoms with E-state index in [0.29, 0.717) is 18.7 Å². The summed E-state index contributed by atoms with van der Waals surface area (Å²) in [4.78, 5) is 23.8. The van der Waals surface area contributed by atoms with Gasteiger partial charge in [0.1, 0.15) is 29.9 Å². The summed E-state index contributed by atoms with van der Waals surface area (Å²) in [7, 11) is 0. The number of fused-ring (bicyclic) bond motifs is 3. The lowest BCUT2D eigenvalue weighted by molar-refractivity contribution is 0.133. The smallest absolute Gasteiger partial charge is 0.318 e. The Hall–Kier alpha value is -2.79. The largest absolute Gasteiger partial charge is 0.323 e. The Bertz CT molecular complexity index is 1140. The van der Waals surface area contributed by atoms with Crippen LogP contribution in [-0.4, -0.2) is 68.6 Å². The topological polar surface area (TPSA) is 95.9 Å². The molecular formula is C22H25F2N7OS. The summed E-state index contributed by atoms with van der Waals surface area (Å²) in [5, 5.41) is 17.6. The minimum Gasteiger partial charge on any atom is -0.318 e. The van der Waals surface area contributed by atoms with E-state index >= 15 is 0 Å². The molecule has 11 heteroatoms. The highest BCUT2D eigenvalue weighted by Gasteiger charge is 2.43. The highest BCUT2D eigenvalue weighted by Crippen LogP contribution is 2.36. The zero-order valence-electron chi connectivity index (χ0n) is 18.2. The Balaban J connectivity index is 1.29. The third kappa shape index (κ3) is 4.51. The van der Waals surface area contributed by atoms with Crippen LogP contribution in [0.15, 0.2) is 24.5 Å². The molecule has 2 aliphatic heterocycles. The van der Waals surface area contributed by atoms with E-state index in [1.807, 2.05) is 24.0 Å². The standard InChI is InChI=1S/C22H25F2N7OS/c1-12-29-30-21(33-12)19-4-13-5-20(26-11-14(13)10-25-19)28-22(32)31-17-2-3-18(31)7-15(6-17)27-16(8-23)9-24/h4-5,10-11,15-18,27H,2-3,6-9H2,1H3,(H,26,28,32)/t15-,17-,18+. The molecule has 2 amide bonds. The van der Waals surface area contributed by atoms with Crippen LogP contribution < -0.4 is 10.6 Å². The fourth-order valence-corrected chi connectivity index (χ4v) is 5.57. The predicted octanol–water partition coefficient (Wildman–Crippen LogP) is 3.88. The molecule has 0 unspecified atom stereocenters. The van der Waals surface area contributed by atoms with Crippen LogP contribution in [-0.2, 0) is 0 Å². The maximum atomic E-state index is 13.1. The molecule has 5 rings (SSSR count). The molecule has 0 spiro atoms. The highest BCUT2D eigenvalue weighted by molar-refractivity contribution is 7.14. The molecule has 0 aliphatic carbocycles. The summed E-state index contributed by atoms with van der Waals surface area (Å²) < 4.78 is 25.8. The Morgan fingerprint density at radius 3 is 2.52 bits per heavy atom. The van der Waals surface area contributed by atoms with Crippen LogP contribution in [0, 0.1) is 6.92 Å². The van der Waals surface area contributed by atoms with Gasteiger partial charge in [-0.1, -0.05) is 11.3 Å². The number of amides is 2. The van der Waals surface area contributed by atoms with Crippen molar-refractivity contribution in [2.24, 2.45) is 0 Å². The normalized spacial score (nSPS) is 22.3. The third-order valence-electron chi connectivity index (χ3n) is 6.39. The van der Waals surface area contributed by atoms with E-state index in [2.05, 4.69) is 30.8 Å². The van der Waals surface area contributed by atoms with Crippen molar-refractivity contribution in [2.75, 3.05) is 18.7 Å². The quantitative estimate of drug-likeness (QED) is 0.564. The van der Waals surface area contributed by atoms with E-state index in [9.17, 15) is 13.6 Å². The minimum atomic E-state index is -0.764. The summed E-state index contributed by atoms with van der Waals surface area (Å²) in [6.07, 6.45) is 6.61. The first-order chi connectivity index (χ1) is 16.0. The number of carbonyl (C=O) groups excluding carboxylic acids is 1. The molecule has 33 heavy (non-hydrogen) atoms. The van der Waals surface area contributed by atoms with Gasteiger partial charge in [0.25, 0.3) is 0 Å². The van der Waals surface area contributed by atoms with Crippen molar-refractivity contribution in [3.63, 3.8) is 0 Å². The molecule has 5 heterocycles. The summed E-state index contributed by atoms with van der Waals surface area (Å²) in [5.74, 6) is 0.465. The molecule has 0 radical (unpaired) electrons. The summed E-state index contributed by atoms with van der Waals surface area (Å²) in [6.45, 7) is 0.443. The fourth-order valence-electron chi connectivity index (χ4n) is 4.91. The number of nitrogens with one attached hydrogen (secondary N) is 2. The zero-order valence-corrected chi connectivity index (χ0v) is 19.0. The number of rotatable bonds is 6. The van der Waals surface area contributed by atoms with Crippen molar-refractivity contribution in [1.29, 1.82) is 0 Å². The zero-order chi connectivity index (χ0) is 22.9. The maximum Gasteiger partial charge on any atom is 0.323 e. The number of aromatic nitrogens is 4. The van der Waals surface area contributed by atoms with Gasteiger partial charge in [0, 0.05) is 35.9 Å². The monoisotopic (exact) mass is 473 g/mol. The number of pyridine rings is 2. The van der Waals surface area contributed by atoms with E-state index in [1.54, 1.807) is 12.4 Å². The number of hydrogen-bond acceptors (Lipinski definition) is 7. The van der Waals surface area contributed by atoms with Crippen LogP contribution >= 0.6 is 11.3 Å². The van der Waals surface area contributed by atoms with Gasteiger partial charge in [-0.25, -0.2) is 18.6 Å². The predicted molar refractivity (Wildman–Crippen MR) is 123 cm³/mol. The number of carbonyl (C=O) groups is 1. The van der Waals surface area contributed by atoms with Crippen molar-refractivity contribution in [2.45, 2.75) is 56.8 Å². The second-order valence-corrected chi connectivity index (χ2v) is 9.86. The van der Waals surface area contributed by atoms with Crippen molar-refractivity contribution in [1.82, 2.24) is 30.4 Å². The first-order valence-electron chi connectivity index (χ1n) is 11.1. The number of nitrogens with zero attached hydrogens (tertiary/aromatic N) is 5. The van der Waals surface area contributed by atoms with Gasteiger partial charge in [0.2, 0.25) is 0 Å². The van der Waals surface area contributed by atoms with Gasteiger partial charge in [-0.05, 0) is 50.1 Å². The number of urea groups is 1. The molecular weight excluding hydrogens is 448 g/mol. The molecule has 174 valence electrons. The van der Waals surface area contributed by atoms with Crippen LogP contribution in [0.2, 0.25) is 0 Å². The Morgan fingerprint density at radius 1 is 1.12 bits per heavy atom. The lowest BCUT2D eigenvalue weighted by Gasteiger charge is -2.39. The molecule has 3 atom stereocenters. The van der Waals surface area contributed by atoms with Gasteiger partial charge < -0.3 is 10.2 Å².